The van der Waals surface area contributed by atoms with Crippen LogP contribution in [0.1, 0.15) is 18.9 Å². The number of rotatable bonds is 4. The van der Waals surface area contributed by atoms with E-state index in [0.717, 1.165) is 32.7 Å². The zero-order valence-electron chi connectivity index (χ0n) is 10.8. The van der Waals surface area contributed by atoms with Crippen molar-refractivity contribution in [3.8, 4) is 0 Å². The first-order chi connectivity index (χ1) is 8.36. The molecule has 1 heterocycles. The minimum absolute atomic E-state index is 0.516. The van der Waals surface area contributed by atoms with Crippen molar-refractivity contribution < 1.29 is 4.74 Å². The maximum atomic E-state index is 5.57. The lowest BCUT2D eigenvalue weighted by Crippen LogP contribution is -2.45. The second-order valence-electron chi connectivity index (χ2n) is 4.49. The zero-order valence-corrected chi connectivity index (χ0v) is 10.8. The Hall–Kier alpha value is -1.06. The number of morpholine rings is 1. The number of benzene rings is 1. The van der Waals surface area contributed by atoms with Crippen LogP contribution in [0.2, 0.25) is 0 Å². The molecule has 0 aromatic heterocycles. The number of hydrogen-bond acceptors (Lipinski definition) is 3. The molecule has 1 aliphatic rings. The molecular formula is C14H22N2O. The highest BCUT2D eigenvalue weighted by molar-refractivity contribution is 5.54. The molecule has 1 N–H and O–H groups in total. The smallest absolute Gasteiger partial charge is 0.0670 e. The zero-order chi connectivity index (χ0) is 12.1. The molecule has 3 nitrogen and oxygen atoms in total. The summed E-state index contributed by atoms with van der Waals surface area (Å²) < 4.78 is 5.57. The fourth-order valence-corrected chi connectivity index (χ4v) is 2.44. The minimum atomic E-state index is 0.516. The third-order valence-electron chi connectivity index (χ3n) is 3.37. The van der Waals surface area contributed by atoms with Crippen LogP contribution in [0.25, 0.3) is 0 Å². The van der Waals surface area contributed by atoms with E-state index in [1.54, 1.807) is 0 Å². The normalized spacial score (nSPS) is 20.6. The molecule has 2 rings (SSSR count). The number of hydrogen-bond donors (Lipinski definition) is 1. The van der Waals surface area contributed by atoms with E-state index >= 15 is 0 Å². The van der Waals surface area contributed by atoms with E-state index < -0.39 is 0 Å². The van der Waals surface area contributed by atoms with E-state index in [9.17, 15) is 0 Å². The van der Waals surface area contributed by atoms with Gasteiger partial charge in [0.2, 0.25) is 0 Å². The van der Waals surface area contributed by atoms with Crippen LogP contribution in [0.5, 0.6) is 0 Å². The summed E-state index contributed by atoms with van der Waals surface area (Å²) in [6.45, 7) is 5.84. The molecule has 1 aromatic carbocycles. The van der Waals surface area contributed by atoms with Gasteiger partial charge in [0.05, 0.1) is 19.3 Å². The van der Waals surface area contributed by atoms with E-state index in [-0.39, 0.29) is 0 Å². The Labute approximate surface area is 104 Å². The van der Waals surface area contributed by atoms with Gasteiger partial charge in [0, 0.05) is 18.8 Å². The predicted octanol–water partition coefficient (Wildman–Crippen LogP) is 2.02. The molecule has 94 valence electrons. The fraction of sp³-hybridized carbons (Fsp3) is 0.571. The van der Waals surface area contributed by atoms with Gasteiger partial charge in [-0.15, -0.1) is 0 Å². The van der Waals surface area contributed by atoms with Gasteiger partial charge < -0.3 is 15.0 Å². The van der Waals surface area contributed by atoms with Crippen molar-refractivity contribution in [3.63, 3.8) is 0 Å². The molecule has 0 radical (unpaired) electrons. The summed E-state index contributed by atoms with van der Waals surface area (Å²) in [4.78, 5) is 2.50. The molecule has 1 fully saturated rings. The van der Waals surface area contributed by atoms with Crippen LogP contribution in [0, 0.1) is 0 Å². The third kappa shape index (κ3) is 2.79. The third-order valence-corrected chi connectivity index (χ3v) is 3.37. The molecule has 1 saturated heterocycles. The van der Waals surface area contributed by atoms with Crippen molar-refractivity contribution in [2.45, 2.75) is 25.9 Å². The van der Waals surface area contributed by atoms with Crippen molar-refractivity contribution in [2.75, 3.05) is 31.7 Å². The molecule has 0 spiro atoms. The monoisotopic (exact) mass is 234 g/mol. The van der Waals surface area contributed by atoms with Crippen molar-refractivity contribution >= 4 is 5.69 Å². The summed E-state index contributed by atoms with van der Waals surface area (Å²) in [7, 11) is 1.99. The average Bonchev–Trinajstić information content (AvgIpc) is 2.40. The van der Waals surface area contributed by atoms with Crippen LogP contribution < -0.4 is 10.2 Å². The first-order valence-corrected chi connectivity index (χ1v) is 6.43. The lowest BCUT2D eigenvalue weighted by Gasteiger charge is -2.38. The summed E-state index contributed by atoms with van der Waals surface area (Å²) in [5.74, 6) is 0. The van der Waals surface area contributed by atoms with Gasteiger partial charge in [-0.3, -0.25) is 0 Å². The van der Waals surface area contributed by atoms with Crippen LogP contribution in [0.4, 0.5) is 5.69 Å². The highest BCUT2D eigenvalue weighted by atomic mass is 16.5. The topological polar surface area (TPSA) is 24.5 Å². The number of nitrogens with zero attached hydrogens (tertiary/aromatic N) is 1. The summed E-state index contributed by atoms with van der Waals surface area (Å²) in [5, 5.41) is 3.24. The predicted molar refractivity (Wildman–Crippen MR) is 71.4 cm³/mol. The van der Waals surface area contributed by atoms with E-state index in [0.29, 0.717) is 6.04 Å². The average molecular weight is 234 g/mol. The number of ether oxygens (including phenoxy) is 1. The van der Waals surface area contributed by atoms with Gasteiger partial charge in [0.15, 0.2) is 0 Å². The van der Waals surface area contributed by atoms with Gasteiger partial charge in [-0.2, -0.15) is 0 Å². The summed E-state index contributed by atoms with van der Waals surface area (Å²) in [5.41, 5.74) is 2.73. The van der Waals surface area contributed by atoms with Gasteiger partial charge >= 0.3 is 0 Å². The molecule has 3 heteroatoms. The molecule has 0 amide bonds. The highest BCUT2D eigenvalue weighted by Gasteiger charge is 2.22. The summed E-state index contributed by atoms with van der Waals surface area (Å²) in [6, 6.07) is 9.17. The molecule has 1 unspecified atom stereocenters. The lowest BCUT2D eigenvalue weighted by molar-refractivity contribution is 0.0929. The van der Waals surface area contributed by atoms with Crippen LogP contribution in [0.3, 0.4) is 0 Å². The van der Waals surface area contributed by atoms with Gasteiger partial charge in [-0.1, -0.05) is 25.1 Å². The highest BCUT2D eigenvalue weighted by Crippen LogP contribution is 2.25. The standard InChI is InChI=1S/C14H22N2O/c1-3-13-11-17-9-8-16(13)14-7-5-4-6-12(14)10-15-2/h4-7,13,15H,3,8-11H2,1-2H3. The van der Waals surface area contributed by atoms with Crippen molar-refractivity contribution in [2.24, 2.45) is 0 Å². The van der Waals surface area contributed by atoms with E-state index in [4.69, 9.17) is 4.74 Å². The summed E-state index contributed by atoms with van der Waals surface area (Å²) >= 11 is 0. The van der Waals surface area contributed by atoms with Gasteiger partial charge in [0.25, 0.3) is 0 Å². The Balaban J connectivity index is 2.24. The Morgan fingerprint density at radius 1 is 1.41 bits per heavy atom. The molecule has 1 aliphatic heterocycles. The number of para-hydroxylation sites is 1. The van der Waals surface area contributed by atoms with Crippen LogP contribution in [-0.2, 0) is 11.3 Å². The Morgan fingerprint density at radius 3 is 3.00 bits per heavy atom. The van der Waals surface area contributed by atoms with Crippen molar-refractivity contribution in [3.05, 3.63) is 29.8 Å². The largest absolute Gasteiger partial charge is 0.377 e. The molecule has 0 saturated carbocycles. The molecule has 1 aromatic rings. The molecule has 0 bridgehead atoms. The van der Waals surface area contributed by atoms with Crippen LogP contribution >= 0.6 is 0 Å². The van der Waals surface area contributed by atoms with E-state index in [2.05, 4.69) is 41.4 Å². The van der Waals surface area contributed by atoms with Crippen molar-refractivity contribution in [1.82, 2.24) is 5.32 Å². The van der Waals surface area contributed by atoms with Gasteiger partial charge in [-0.25, -0.2) is 0 Å². The maximum absolute atomic E-state index is 5.57. The van der Waals surface area contributed by atoms with Crippen molar-refractivity contribution in [1.29, 1.82) is 0 Å². The van der Waals surface area contributed by atoms with Gasteiger partial charge in [-0.05, 0) is 25.1 Å². The van der Waals surface area contributed by atoms with E-state index in [1.807, 2.05) is 7.05 Å². The minimum Gasteiger partial charge on any atom is -0.377 e. The number of nitrogens with one attached hydrogen (secondary N) is 1. The second-order valence-corrected chi connectivity index (χ2v) is 4.49. The Kier molecular flexibility index (Phi) is 4.40. The SMILES string of the molecule is CCC1COCCN1c1ccccc1CNC. The first-order valence-electron chi connectivity index (χ1n) is 6.43. The fourth-order valence-electron chi connectivity index (χ4n) is 2.44. The van der Waals surface area contributed by atoms with Gasteiger partial charge in [0.1, 0.15) is 0 Å². The molecule has 1 atom stereocenters. The Morgan fingerprint density at radius 2 is 2.24 bits per heavy atom. The maximum Gasteiger partial charge on any atom is 0.0670 e. The van der Waals surface area contributed by atoms with Crippen LogP contribution in [-0.4, -0.2) is 32.8 Å². The Bertz CT molecular complexity index is 354. The first kappa shape index (κ1) is 12.4. The summed E-state index contributed by atoms with van der Waals surface area (Å²) in [6.07, 6.45) is 1.13. The lowest BCUT2D eigenvalue weighted by atomic mass is 10.1. The number of anilines is 1. The molecule has 0 aliphatic carbocycles. The molecular weight excluding hydrogens is 212 g/mol. The second kappa shape index (κ2) is 6.03. The van der Waals surface area contributed by atoms with Crippen LogP contribution in [0.15, 0.2) is 24.3 Å². The quantitative estimate of drug-likeness (QED) is 0.862. The molecule has 17 heavy (non-hydrogen) atoms. The van der Waals surface area contributed by atoms with E-state index in [1.165, 1.54) is 11.3 Å².